The summed E-state index contributed by atoms with van der Waals surface area (Å²) in [4.78, 5) is 10.8. The van der Waals surface area contributed by atoms with Crippen LogP contribution in [0.2, 0.25) is 0 Å². The number of H-pyrrole nitrogens is 1. The van der Waals surface area contributed by atoms with Crippen LogP contribution in [0.4, 0.5) is 0 Å². The zero-order valence-corrected chi connectivity index (χ0v) is 6.70. The van der Waals surface area contributed by atoms with Gasteiger partial charge in [0.2, 0.25) is 0 Å². The fourth-order valence-corrected chi connectivity index (χ4v) is 0.793. The number of nitrogens with one attached hydrogen (secondary N) is 1. The largest absolute Gasteiger partial charge is 0.346 e. The van der Waals surface area contributed by atoms with Crippen molar-refractivity contribution in [2.75, 3.05) is 0 Å². The van der Waals surface area contributed by atoms with Crippen molar-refractivity contribution in [2.24, 2.45) is 0 Å². The molecule has 0 amide bonds. The summed E-state index contributed by atoms with van der Waals surface area (Å²) in [6, 6.07) is 1.94. The smallest absolute Gasteiger partial charge is 0.140 e. The van der Waals surface area contributed by atoms with E-state index in [0.29, 0.717) is 0 Å². The molecule has 0 atom stereocenters. The van der Waals surface area contributed by atoms with Crippen LogP contribution in [0.3, 0.4) is 0 Å². The third kappa shape index (κ3) is 1.55. The maximum atomic E-state index is 3.97. The molecule has 2 rings (SSSR count). The van der Waals surface area contributed by atoms with E-state index in [2.05, 4.69) is 15.0 Å². The normalized spacial score (nSPS) is 8.91. The molecule has 0 fully saturated rings. The highest BCUT2D eigenvalue weighted by atomic mass is 14.9. The SMILES string of the molecule is CC.c1ncc2cc[nH]c2n1. The Morgan fingerprint density at radius 2 is 2.18 bits per heavy atom. The molecule has 0 spiro atoms. The molecule has 0 saturated carbocycles. The molecule has 0 saturated heterocycles. The van der Waals surface area contributed by atoms with Crippen LogP contribution >= 0.6 is 0 Å². The molecule has 2 heterocycles. The number of nitrogens with zero attached hydrogens (tertiary/aromatic N) is 2. The highest BCUT2D eigenvalue weighted by Gasteiger charge is 1.89. The van der Waals surface area contributed by atoms with Gasteiger partial charge in [0.05, 0.1) is 0 Å². The number of rotatable bonds is 0. The van der Waals surface area contributed by atoms with Crippen LogP contribution in [0.25, 0.3) is 11.0 Å². The van der Waals surface area contributed by atoms with Gasteiger partial charge in [-0.25, -0.2) is 9.97 Å². The lowest BCUT2D eigenvalue weighted by Gasteiger charge is -1.81. The first-order valence-electron chi connectivity index (χ1n) is 3.70. The fraction of sp³-hybridized carbons (Fsp3) is 0.250. The molecule has 58 valence electrons. The number of hydrogen-bond acceptors (Lipinski definition) is 2. The second kappa shape index (κ2) is 3.71. The molecule has 0 radical (unpaired) electrons. The van der Waals surface area contributed by atoms with Crippen molar-refractivity contribution in [2.45, 2.75) is 13.8 Å². The second-order valence-corrected chi connectivity index (χ2v) is 1.80. The minimum atomic E-state index is 0.894. The lowest BCUT2D eigenvalue weighted by atomic mass is 10.4. The summed E-state index contributed by atoms with van der Waals surface area (Å²) in [6.45, 7) is 4.00. The quantitative estimate of drug-likeness (QED) is 0.622. The van der Waals surface area contributed by atoms with Gasteiger partial charge in [-0.2, -0.15) is 0 Å². The van der Waals surface area contributed by atoms with E-state index in [-0.39, 0.29) is 0 Å². The molecular formula is C8H11N3. The molecule has 0 aliphatic carbocycles. The molecular weight excluding hydrogens is 138 g/mol. The molecule has 3 nitrogen and oxygen atoms in total. The van der Waals surface area contributed by atoms with Crippen LogP contribution in [0.15, 0.2) is 24.8 Å². The summed E-state index contributed by atoms with van der Waals surface area (Å²) >= 11 is 0. The standard InChI is InChI=1S/C6H5N3.C2H6/c1-2-8-6-5(1)3-7-4-9-6;1-2/h1-4H,(H,7,8,9);1-2H3. The van der Waals surface area contributed by atoms with Crippen molar-refractivity contribution in [3.05, 3.63) is 24.8 Å². The lowest BCUT2D eigenvalue weighted by Crippen LogP contribution is -1.75. The topological polar surface area (TPSA) is 41.6 Å². The Hall–Kier alpha value is -1.38. The zero-order valence-electron chi connectivity index (χ0n) is 6.70. The van der Waals surface area contributed by atoms with Crippen LogP contribution in [0, 0.1) is 0 Å². The molecule has 1 N–H and O–H groups in total. The summed E-state index contributed by atoms with van der Waals surface area (Å²) < 4.78 is 0. The average molecular weight is 149 g/mol. The van der Waals surface area contributed by atoms with Crippen molar-refractivity contribution in [3.63, 3.8) is 0 Å². The van der Waals surface area contributed by atoms with Crippen molar-refractivity contribution < 1.29 is 0 Å². The van der Waals surface area contributed by atoms with Gasteiger partial charge in [-0.3, -0.25) is 0 Å². The highest BCUT2D eigenvalue weighted by molar-refractivity contribution is 5.73. The van der Waals surface area contributed by atoms with Gasteiger partial charge >= 0.3 is 0 Å². The third-order valence-corrected chi connectivity index (χ3v) is 1.22. The zero-order chi connectivity index (χ0) is 8.10. The predicted molar refractivity (Wildman–Crippen MR) is 45.2 cm³/mol. The molecule has 0 unspecified atom stereocenters. The summed E-state index contributed by atoms with van der Waals surface area (Å²) in [5, 5.41) is 1.05. The van der Waals surface area contributed by atoms with Gasteiger partial charge < -0.3 is 4.98 Å². The first kappa shape index (κ1) is 7.72. The van der Waals surface area contributed by atoms with Crippen molar-refractivity contribution in [1.82, 2.24) is 15.0 Å². The maximum absolute atomic E-state index is 3.97. The van der Waals surface area contributed by atoms with E-state index >= 15 is 0 Å². The Kier molecular flexibility index (Phi) is 2.60. The first-order chi connectivity index (χ1) is 5.47. The van der Waals surface area contributed by atoms with Crippen LogP contribution in [-0.2, 0) is 0 Å². The molecule has 0 aromatic carbocycles. The van der Waals surface area contributed by atoms with Gasteiger partial charge in [-0.1, -0.05) is 13.8 Å². The Labute approximate surface area is 65.5 Å². The van der Waals surface area contributed by atoms with Gasteiger partial charge in [0.15, 0.2) is 0 Å². The number of hydrogen-bond donors (Lipinski definition) is 1. The third-order valence-electron chi connectivity index (χ3n) is 1.22. The lowest BCUT2D eigenvalue weighted by molar-refractivity contribution is 1.20. The average Bonchev–Trinajstić information content (AvgIpc) is 2.55. The summed E-state index contributed by atoms with van der Waals surface area (Å²) in [6.07, 6.45) is 5.15. The molecule has 11 heavy (non-hydrogen) atoms. The van der Waals surface area contributed by atoms with E-state index in [4.69, 9.17) is 0 Å². The molecule has 2 aromatic rings. The van der Waals surface area contributed by atoms with Crippen molar-refractivity contribution in [3.8, 4) is 0 Å². The van der Waals surface area contributed by atoms with Crippen LogP contribution in [-0.4, -0.2) is 15.0 Å². The van der Waals surface area contributed by atoms with E-state index in [0.717, 1.165) is 11.0 Å². The first-order valence-corrected chi connectivity index (χ1v) is 3.70. The van der Waals surface area contributed by atoms with E-state index < -0.39 is 0 Å². The summed E-state index contributed by atoms with van der Waals surface area (Å²) in [5.74, 6) is 0. The number of aromatic amines is 1. The van der Waals surface area contributed by atoms with E-state index in [1.807, 2.05) is 26.1 Å². The van der Waals surface area contributed by atoms with Crippen LogP contribution < -0.4 is 0 Å². The van der Waals surface area contributed by atoms with Gasteiger partial charge in [-0.15, -0.1) is 0 Å². The number of fused-ring (bicyclic) bond motifs is 1. The predicted octanol–water partition coefficient (Wildman–Crippen LogP) is 1.98. The Bertz CT molecular complexity index is 283. The Morgan fingerprint density at radius 1 is 1.36 bits per heavy atom. The molecule has 2 aromatic heterocycles. The summed E-state index contributed by atoms with van der Waals surface area (Å²) in [7, 11) is 0. The van der Waals surface area contributed by atoms with Gasteiger partial charge in [0.1, 0.15) is 12.0 Å². The van der Waals surface area contributed by atoms with Crippen LogP contribution in [0.1, 0.15) is 13.8 Å². The number of aromatic nitrogens is 3. The maximum Gasteiger partial charge on any atom is 0.140 e. The Balaban J connectivity index is 0.000000281. The van der Waals surface area contributed by atoms with Crippen molar-refractivity contribution >= 4 is 11.0 Å². The second-order valence-electron chi connectivity index (χ2n) is 1.80. The minimum Gasteiger partial charge on any atom is -0.346 e. The van der Waals surface area contributed by atoms with E-state index in [9.17, 15) is 0 Å². The van der Waals surface area contributed by atoms with Crippen LogP contribution in [0.5, 0.6) is 0 Å². The summed E-state index contributed by atoms with van der Waals surface area (Å²) in [5.41, 5.74) is 0.894. The van der Waals surface area contributed by atoms with Gasteiger partial charge in [0, 0.05) is 17.8 Å². The molecule has 0 aliphatic heterocycles. The Morgan fingerprint density at radius 3 is 2.91 bits per heavy atom. The molecule has 0 aliphatic rings. The molecule has 0 bridgehead atoms. The van der Waals surface area contributed by atoms with E-state index in [1.54, 1.807) is 6.20 Å². The van der Waals surface area contributed by atoms with E-state index in [1.165, 1.54) is 6.33 Å². The monoisotopic (exact) mass is 149 g/mol. The molecule has 3 heteroatoms. The minimum absolute atomic E-state index is 0.894. The highest BCUT2D eigenvalue weighted by Crippen LogP contribution is 2.03. The fourth-order valence-electron chi connectivity index (χ4n) is 0.793. The van der Waals surface area contributed by atoms with Crippen molar-refractivity contribution in [1.29, 1.82) is 0 Å². The van der Waals surface area contributed by atoms with Gasteiger partial charge in [0.25, 0.3) is 0 Å². The van der Waals surface area contributed by atoms with Gasteiger partial charge in [-0.05, 0) is 6.07 Å².